The molecule has 0 spiro atoms. The second-order valence-electron chi connectivity index (χ2n) is 4.43. The lowest BCUT2D eigenvalue weighted by molar-refractivity contribution is 0.151. The Balaban J connectivity index is 2.15. The number of fused-ring (bicyclic) bond motifs is 1. The molecule has 0 amide bonds. The van der Waals surface area contributed by atoms with Crippen LogP contribution in [-0.4, -0.2) is 31.3 Å². The van der Waals surface area contributed by atoms with E-state index in [1.807, 2.05) is 24.3 Å². The topological polar surface area (TPSA) is 66.4 Å². The lowest BCUT2D eigenvalue weighted by Gasteiger charge is -2.17. The number of hydrogen-bond acceptors (Lipinski definition) is 3. The Hall–Kier alpha value is -0.620. The van der Waals surface area contributed by atoms with Gasteiger partial charge in [-0.1, -0.05) is 24.3 Å². The molecule has 1 aliphatic rings. The molecule has 2 N–H and O–H groups in total. The third-order valence-corrected chi connectivity index (χ3v) is 4.76. The van der Waals surface area contributed by atoms with Crippen LogP contribution in [0.2, 0.25) is 0 Å². The molecule has 0 unspecified atom stereocenters. The molecule has 0 heterocycles. The fraction of sp³-hybridized carbons (Fsp3) is 0.500. The van der Waals surface area contributed by atoms with E-state index >= 15 is 0 Å². The number of benzene rings is 1. The monoisotopic (exact) mass is 289 g/mol. The highest BCUT2D eigenvalue weighted by atomic mass is 35.5. The molecular weight excluding hydrogens is 274 g/mol. The molecule has 2 atom stereocenters. The maximum atomic E-state index is 11.8. The predicted octanol–water partition coefficient (Wildman–Crippen LogP) is 1.19. The van der Waals surface area contributed by atoms with Gasteiger partial charge < -0.3 is 5.11 Å². The van der Waals surface area contributed by atoms with Crippen molar-refractivity contribution in [2.24, 2.45) is 0 Å². The second-order valence-corrected chi connectivity index (χ2v) is 6.68. The zero-order valence-electron chi connectivity index (χ0n) is 9.84. The van der Waals surface area contributed by atoms with E-state index in [0.29, 0.717) is 18.7 Å². The smallest absolute Gasteiger partial charge is 0.212 e. The lowest BCUT2D eigenvalue weighted by atomic mass is 10.1. The number of aliphatic hydroxyl groups excluding tert-OH is 1. The average molecular weight is 290 g/mol. The minimum atomic E-state index is -3.40. The summed E-state index contributed by atoms with van der Waals surface area (Å²) in [5, 5.41) is 9.95. The van der Waals surface area contributed by atoms with Crippen molar-refractivity contribution in [1.82, 2.24) is 4.72 Å². The Bertz CT molecular complexity index is 518. The Labute approximate surface area is 112 Å². The molecule has 100 valence electrons. The molecule has 6 heteroatoms. The minimum Gasteiger partial charge on any atom is -0.391 e. The van der Waals surface area contributed by atoms with E-state index in [1.165, 1.54) is 0 Å². The van der Waals surface area contributed by atoms with Gasteiger partial charge in [-0.05, 0) is 17.5 Å². The summed E-state index contributed by atoms with van der Waals surface area (Å²) >= 11 is 5.49. The molecular formula is C12H16ClNO3S. The molecule has 0 fully saturated rings. The van der Waals surface area contributed by atoms with Crippen molar-refractivity contribution in [3.63, 3.8) is 0 Å². The van der Waals surface area contributed by atoms with Crippen LogP contribution in [0.25, 0.3) is 0 Å². The fourth-order valence-electron chi connectivity index (χ4n) is 2.21. The third kappa shape index (κ3) is 3.03. The summed E-state index contributed by atoms with van der Waals surface area (Å²) in [7, 11) is -3.40. The van der Waals surface area contributed by atoms with Crippen LogP contribution in [0.1, 0.15) is 23.6 Å². The second kappa shape index (κ2) is 5.57. The number of alkyl halides is 1. The maximum absolute atomic E-state index is 11.8. The van der Waals surface area contributed by atoms with Gasteiger partial charge in [0.05, 0.1) is 17.9 Å². The number of rotatable bonds is 5. The largest absolute Gasteiger partial charge is 0.391 e. The third-order valence-electron chi connectivity index (χ3n) is 3.06. The van der Waals surface area contributed by atoms with E-state index in [4.69, 9.17) is 11.6 Å². The van der Waals surface area contributed by atoms with Gasteiger partial charge in [-0.2, -0.15) is 0 Å². The van der Waals surface area contributed by atoms with Crippen molar-refractivity contribution < 1.29 is 13.5 Å². The molecule has 0 aromatic heterocycles. The van der Waals surface area contributed by atoms with Crippen LogP contribution >= 0.6 is 11.6 Å². The van der Waals surface area contributed by atoms with Crippen LogP contribution in [0.3, 0.4) is 0 Å². The summed E-state index contributed by atoms with van der Waals surface area (Å²) in [6.45, 7) is 0. The first-order chi connectivity index (χ1) is 8.53. The number of sulfonamides is 1. The van der Waals surface area contributed by atoms with Crippen molar-refractivity contribution in [3.05, 3.63) is 35.4 Å². The van der Waals surface area contributed by atoms with Gasteiger partial charge in [0.1, 0.15) is 0 Å². The van der Waals surface area contributed by atoms with E-state index in [9.17, 15) is 13.5 Å². The Morgan fingerprint density at radius 3 is 2.83 bits per heavy atom. The minimum absolute atomic E-state index is 0.0120. The van der Waals surface area contributed by atoms with E-state index in [-0.39, 0.29) is 5.75 Å². The highest BCUT2D eigenvalue weighted by Crippen LogP contribution is 2.31. The van der Waals surface area contributed by atoms with Crippen LogP contribution in [0.5, 0.6) is 0 Å². The number of nitrogens with one attached hydrogen (secondary N) is 1. The standard InChI is InChI=1S/C12H16ClNO3S/c13-6-3-7-18(16,17)14-12-10-5-2-1-4-9(10)8-11(12)15/h1-2,4-5,11-12,14-15H,3,6-8H2/t11-,12+/m0/s1. The Morgan fingerprint density at radius 2 is 2.11 bits per heavy atom. The van der Waals surface area contributed by atoms with E-state index in [1.54, 1.807) is 0 Å². The van der Waals surface area contributed by atoms with E-state index in [2.05, 4.69) is 4.72 Å². The van der Waals surface area contributed by atoms with Crippen LogP contribution < -0.4 is 4.72 Å². The van der Waals surface area contributed by atoms with Gasteiger partial charge >= 0.3 is 0 Å². The molecule has 2 rings (SSSR count). The van der Waals surface area contributed by atoms with Gasteiger partial charge in [0.25, 0.3) is 0 Å². The SMILES string of the molecule is O=S(=O)(CCCCl)N[C@@H]1c2ccccc2C[C@@H]1O. The lowest BCUT2D eigenvalue weighted by Crippen LogP contribution is -2.35. The van der Waals surface area contributed by atoms with Crippen molar-refractivity contribution in [2.45, 2.75) is 25.0 Å². The predicted molar refractivity (Wildman–Crippen MR) is 71.2 cm³/mol. The molecule has 0 aliphatic heterocycles. The van der Waals surface area contributed by atoms with Crippen molar-refractivity contribution in [3.8, 4) is 0 Å². The summed E-state index contributed by atoms with van der Waals surface area (Å²) in [6.07, 6.45) is 0.188. The van der Waals surface area contributed by atoms with Gasteiger partial charge in [-0.15, -0.1) is 11.6 Å². The summed E-state index contributed by atoms with van der Waals surface area (Å²) in [5.74, 6) is 0.298. The van der Waals surface area contributed by atoms with Crippen molar-refractivity contribution in [2.75, 3.05) is 11.6 Å². The Kier molecular flexibility index (Phi) is 4.27. The van der Waals surface area contributed by atoms with Crippen molar-refractivity contribution in [1.29, 1.82) is 0 Å². The molecule has 0 saturated carbocycles. The first kappa shape index (κ1) is 13.8. The fourth-order valence-corrected chi connectivity index (χ4v) is 3.82. The van der Waals surface area contributed by atoms with Crippen LogP contribution in [-0.2, 0) is 16.4 Å². The molecule has 0 radical (unpaired) electrons. The average Bonchev–Trinajstić information content (AvgIpc) is 2.63. The van der Waals surface area contributed by atoms with Crippen molar-refractivity contribution >= 4 is 21.6 Å². The van der Waals surface area contributed by atoms with Crippen LogP contribution in [0, 0.1) is 0 Å². The van der Waals surface area contributed by atoms with Gasteiger partial charge in [0, 0.05) is 12.3 Å². The normalized spacial score (nSPS) is 23.0. The molecule has 0 bridgehead atoms. The van der Waals surface area contributed by atoms with E-state index < -0.39 is 22.2 Å². The highest BCUT2D eigenvalue weighted by Gasteiger charge is 2.33. The molecule has 1 aromatic carbocycles. The zero-order chi connectivity index (χ0) is 13.2. The van der Waals surface area contributed by atoms with E-state index in [0.717, 1.165) is 11.1 Å². The molecule has 1 aromatic rings. The number of aliphatic hydroxyl groups is 1. The van der Waals surface area contributed by atoms with Crippen LogP contribution in [0.4, 0.5) is 0 Å². The van der Waals surface area contributed by atoms with Gasteiger partial charge in [0.2, 0.25) is 10.0 Å². The summed E-state index contributed by atoms with van der Waals surface area (Å²) in [5.41, 5.74) is 1.86. The molecule has 18 heavy (non-hydrogen) atoms. The van der Waals surface area contributed by atoms with Gasteiger partial charge in [-0.3, -0.25) is 0 Å². The molecule has 1 aliphatic carbocycles. The first-order valence-corrected chi connectivity index (χ1v) is 8.04. The summed E-state index contributed by atoms with van der Waals surface area (Å²) in [6, 6.07) is 6.94. The Morgan fingerprint density at radius 1 is 1.39 bits per heavy atom. The van der Waals surface area contributed by atoms with Crippen LogP contribution in [0.15, 0.2) is 24.3 Å². The highest BCUT2D eigenvalue weighted by molar-refractivity contribution is 7.89. The number of halogens is 1. The zero-order valence-corrected chi connectivity index (χ0v) is 11.4. The summed E-state index contributed by atoms with van der Waals surface area (Å²) < 4.78 is 26.2. The summed E-state index contributed by atoms with van der Waals surface area (Å²) in [4.78, 5) is 0. The quantitative estimate of drug-likeness (QED) is 0.800. The maximum Gasteiger partial charge on any atom is 0.212 e. The van der Waals surface area contributed by atoms with Gasteiger partial charge in [0.15, 0.2) is 0 Å². The molecule has 4 nitrogen and oxygen atoms in total. The molecule has 0 saturated heterocycles. The van der Waals surface area contributed by atoms with Gasteiger partial charge in [-0.25, -0.2) is 13.1 Å². The number of hydrogen-bond donors (Lipinski definition) is 2. The first-order valence-electron chi connectivity index (χ1n) is 5.85.